The average Bonchev–Trinajstić information content (AvgIpc) is 3.62. The molecule has 0 saturated carbocycles. The first-order valence-corrected chi connectivity index (χ1v) is 15.6. The highest BCUT2D eigenvalue weighted by molar-refractivity contribution is 6.19. The standard InChI is InChI=1S/C41H28N4O2/c1-44-35-20-17-29(22-36(35)45(2)41(44)46)25-12-14-27(15-13-25)33-24-34(43-40(42-33)28-9-4-3-5-10-28)30-16-19-32-38(23-30)47-37-21-18-26-8-6-7-11-31(26)39(32)37/h3-24H,1-2H3. The number of rotatable bonds is 4. The molecule has 3 aromatic heterocycles. The molecule has 3 heterocycles. The number of nitrogens with zero attached hydrogens (tertiary/aromatic N) is 4. The van der Waals surface area contributed by atoms with Crippen LogP contribution in [0.25, 0.3) is 88.8 Å². The minimum atomic E-state index is -0.0331. The van der Waals surface area contributed by atoms with Crippen molar-refractivity contribution in [2.75, 3.05) is 0 Å². The molecule has 6 heteroatoms. The minimum Gasteiger partial charge on any atom is -0.456 e. The molecule has 0 atom stereocenters. The second-order valence-corrected chi connectivity index (χ2v) is 12.0. The van der Waals surface area contributed by atoms with E-state index in [9.17, 15) is 4.79 Å². The minimum absolute atomic E-state index is 0.0331. The third-order valence-corrected chi connectivity index (χ3v) is 9.20. The molecule has 9 aromatic rings. The summed E-state index contributed by atoms with van der Waals surface area (Å²) < 4.78 is 9.75. The molecule has 0 spiro atoms. The van der Waals surface area contributed by atoms with Crippen LogP contribution >= 0.6 is 0 Å². The van der Waals surface area contributed by atoms with Crippen LogP contribution in [-0.2, 0) is 14.1 Å². The number of hydrogen-bond donors (Lipinski definition) is 0. The molecule has 6 nitrogen and oxygen atoms in total. The molecule has 0 unspecified atom stereocenters. The van der Waals surface area contributed by atoms with Gasteiger partial charge in [0.25, 0.3) is 0 Å². The molecular formula is C41H28N4O2. The Balaban J connectivity index is 1.15. The van der Waals surface area contributed by atoms with E-state index in [-0.39, 0.29) is 5.69 Å². The topological polar surface area (TPSA) is 65.8 Å². The van der Waals surface area contributed by atoms with Crippen LogP contribution in [-0.4, -0.2) is 19.1 Å². The molecule has 0 aliphatic heterocycles. The third-order valence-electron chi connectivity index (χ3n) is 9.20. The summed E-state index contributed by atoms with van der Waals surface area (Å²) in [5.74, 6) is 0.660. The first kappa shape index (κ1) is 27.1. The van der Waals surface area contributed by atoms with Gasteiger partial charge in [0.2, 0.25) is 0 Å². The molecule has 0 radical (unpaired) electrons. The van der Waals surface area contributed by atoms with E-state index in [1.54, 1.807) is 16.2 Å². The van der Waals surface area contributed by atoms with Crippen LogP contribution in [0.15, 0.2) is 143 Å². The van der Waals surface area contributed by atoms with E-state index in [2.05, 4.69) is 91.0 Å². The van der Waals surface area contributed by atoms with Crippen LogP contribution in [0.5, 0.6) is 0 Å². The average molecular weight is 609 g/mol. The predicted octanol–water partition coefficient (Wildman–Crippen LogP) is 9.39. The summed E-state index contributed by atoms with van der Waals surface area (Å²) in [6, 6.07) is 45.6. The SMILES string of the molecule is Cn1c(=O)n(C)c2cc(-c3ccc(-c4cc(-c5ccc6c(c5)oc5ccc7ccccc7c56)nc(-c5ccccc5)n4)cc3)ccc21. The lowest BCUT2D eigenvalue weighted by molar-refractivity contribution is 0.669. The Morgan fingerprint density at radius 3 is 2.02 bits per heavy atom. The Morgan fingerprint density at radius 2 is 1.19 bits per heavy atom. The molecule has 224 valence electrons. The number of furan rings is 1. The van der Waals surface area contributed by atoms with Crippen molar-refractivity contribution >= 4 is 43.7 Å². The first-order chi connectivity index (χ1) is 23.0. The van der Waals surface area contributed by atoms with Crippen molar-refractivity contribution in [1.29, 1.82) is 0 Å². The zero-order valence-corrected chi connectivity index (χ0v) is 25.8. The van der Waals surface area contributed by atoms with Crippen molar-refractivity contribution in [2.45, 2.75) is 0 Å². The van der Waals surface area contributed by atoms with Gasteiger partial charge >= 0.3 is 5.69 Å². The van der Waals surface area contributed by atoms with Crippen molar-refractivity contribution < 1.29 is 4.42 Å². The van der Waals surface area contributed by atoms with E-state index in [0.29, 0.717) is 5.82 Å². The van der Waals surface area contributed by atoms with Crippen molar-refractivity contribution in [3.63, 3.8) is 0 Å². The lowest BCUT2D eigenvalue weighted by atomic mass is 10.0. The number of aromatic nitrogens is 4. The van der Waals surface area contributed by atoms with Crippen LogP contribution in [0.3, 0.4) is 0 Å². The van der Waals surface area contributed by atoms with Crippen LogP contribution in [0.1, 0.15) is 0 Å². The monoisotopic (exact) mass is 608 g/mol. The quantitative estimate of drug-likeness (QED) is 0.200. The fraction of sp³-hybridized carbons (Fsp3) is 0.0488. The van der Waals surface area contributed by atoms with Gasteiger partial charge < -0.3 is 4.42 Å². The Hall–Kier alpha value is -6.27. The van der Waals surface area contributed by atoms with Gasteiger partial charge in [-0.25, -0.2) is 14.8 Å². The number of hydrogen-bond acceptors (Lipinski definition) is 4. The van der Waals surface area contributed by atoms with Gasteiger partial charge in [0.1, 0.15) is 11.2 Å². The predicted molar refractivity (Wildman–Crippen MR) is 190 cm³/mol. The van der Waals surface area contributed by atoms with Gasteiger partial charge in [-0.15, -0.1) is 0 Å². The largest absolute Gasteiger partial charge is 0.456 e. The lowest BCUT2D eigenvalue weighted by Crippen LogP contribution is -2.19. The lowest BCUT2D eigenvalue weighted by Gasteiger charge is -2.10. The molecule has 0 N–H and O–H groups in total. The van der Waals surface area contributed by atoms with Gasteiger partial charge in [0.05, 0.1) is 22.4 Å². The molecule has 6 aromatic carbocycles. The number of imidazole rings is 1. The summed E-state index contributed by atoms with van der Waals surface area (Å²) >= 11 is 0. The van der Waals surface area contributed by atoms with Crippen LogP contribution < -0.4 is 5.69 Å². The summed E-state index contributed by atoms with van der Waals surface area (Å²) in [6.45, 7) is 0. The Bertz CT molecular complexity index is 2720. The van der Waals surface area contributed by atoms with Crippen LogP contribution in [0, 0.1) is 0 Å². The highest BCUT2D eigenvalue weighted by atomic mass is 16.3. The number of fused-ring (bicyclic) bond motifs is 6. The van der Waals surface area contributed by atoms with Crippen LogP contribution in [0.4, 0.5) is 0 Å². The first-order valence-electron chi connectivity index (χ1n) is 15.6. The summed E-state index contributed by atoms with van der Waals surface area (Å²) in [7, 11) is 3.61. The highest BCUT2D eigenvalue weighted by Crippen LogP contribution is 2.37. The molecule has 47 heavy (non-hydrogen) atoms. The maximum absolute atomic E-state index is 12.5. The molecule has 0 bridgehead atoms. The molecule has 0 aliphatic carbocycles. The van der Waals surface area contributed by atoms with E-state index in [4.69, 9.17) is 14.4 Å². The summed E-state index contributed by atoms with van der Waals surface area (Å²) in [4.78, 5) is 22.5. The molecule has 0 saturated heterocycles. The number of benzene rings is 6. The number of aryl methyl sites for hydroxylation is 2. The second-order valence-electron chi connectivity index (χ2n) is 12.0. The highest BCUT2D eigenvalue weighted by Gasteiger charge is 2.15. The Labute approximate surface area is 269 Å². The zero-order chi connectivity index (χ0) is 31.6. The summed E-state index contributed by atoms with van der Waals surface area (Å²) in [5, 5.41) is 4.59. The third kappa shape index (κ3) is 4.37. The maximum Gasteiger partial charge on any atom is 0.328 e. The van der Waals surface area contributed by atoms with Gasteiger partial charge in [-0.3, -0.25) is 9.13 Å². The van der Waals surface area contributed by atoms with Crippen LogP contribution in [0.2, 0.25) is 0 Å². The van der Waals surface area contributed by atoms with Gasteiger partial charge in [-0.2, -0.15) is 0 Å². The molecule has 0 aliphatic rings. The van der Waals surface area contributed by atoms with Gasteiger partial charge in [-0.1, -0.05) is 97.1 Å². The normalized spacial score (nSPS) is 11.7. The van der Waals surface area contributed by atoms with Crippen molar-refractivity contribution in [3.8, 4) is 45.0 Å². The fourth-order valence-corrected chi connectivity index (χ4v) is 6.68. The summed E-state index contributed by atoms with van der Waals surface area (Å²) in [5.41, 5.74) is 10.1. The van der Waals surface area contributed by atoms with Gasteiger partial charge in [0.15, 0.2) is 5.82 Å². The Morgan fingerprint density at radius 1 is 0.511 bits per heavy atom. The van der Waals surface area contributed by atoms with E-state index in [0.717, 1.165) is 72.2 Å². The zero-order valence-electron chi connectivity index (χ0n) is 25.8. The maximum atomic E-state index is 12.5. The van der Waals surface area contributed by atoms with E-state index in [1.807, 2.05) is 49.5 Å². The van der Waals surface area contributed by atoms with Gasteiger partial charge in [0, 0.05) is 41.6 Å². The second kappa shape index (κ2) is 10.4. The fourth-order valence-electron chi connectivity index (χ4n) is 6.68. The molecule has 0 fully saturated rings. The van der Waals surface area contributed by atoms with Crippen molar-refractivity contribution in [3.05, 3.63) is 144 Å². The summed E-state index contributed by atoms with van der Waals surface area (Å²) in [6.07, 6.45) is 0. The smallest absolute Gasteiger partial charge is 0.328 e. The van der Waals surface area contributed by atoms with Crippen molar-refractivity contribution in [1.82, 2.24) is 19.1 Å². The van der Waals surface area contributed by atoms with Crippen molar-refractivity contribution in [2.24, 2.45) is 14.1 Å². The molecular weight excluding hydrogens is 580 g/mol. The van der Waals surface area contributed by atoms with E-state index >= 15 is 0 Å². The molecule has 0 amide bonds. The van der Waals surface area contributed by atoms with Gasteiger partial charge in [-0.05, 0) is 58.3 Å². The Kier molecular flexibility index (Phi) is 5.99. The molecule has 9 rings (SSSR count). The van der Waals surface area contributed by atoms with E-state index in [1.165, 1.54) is 10.8 Å². The van der Waals surface area contributed by atoms with E-state index < -0.39 is 0 Å².